The Hall–Kier alpha value is -4.91. The van der Waals surface area contributed by atoms with Gasteiger partial charge in [-0.25, -0.2) is 4.98 Å². The van der Waals surface area contributed by atoms with Gasteiger partial charge in [0.15, 0.2) is 0 Å². The summed E-state index contributed by atoms with van der Waals surface area (Å²) in [5, 5.41) is 8.04. The topological polar surface area (TPSA) is 31.4 Å². The molecule has 0 amide bonds. The molecule has 274 valence electrons. The molecule has 5 heteroatoms. The predicted octanol–water partition coefficient (Wildman–Crippen LogP) is 9.66. The van der Waals surface area contributed by atoms with E-state index in [0.717, 1.165) is 35.0 Å². The Morgan fingerprint density at radius 1 is 0.509 bits per heavy atom. The van der Waals surface area contributed by atoms with Gasteiger partial charge in [0, 0.05) is 16.5 Å². The van der Waals surface area contributed by atoms with E-state index in [1.54, 1.807) is 0 Å². The Balaban J connectivity index is 1.45. The van der Waals surface area contributed by atoms with Crippen LogP contribution in [0, 0.1) is 12.3 Å². The number of ether oxygens (including phenoxy) is 2. The lowest BCUT2D eigenvalue weighted by molar-refractivity contribution is -0.164. The number of pyridine rings is 1. The van der Waals surface area contributed by atoms with Crippen molar-refractivity contribution in [1.29, 1.82) is 0 Å². The zero-order valence-electron chi connectivity index (χ0n) is 32.2. The summed E-state index contributed by atoms with van der Waals surface area (Å²) in [7, 11) is -4.64. The number of nitrogens with zero attached hydrogens (tertiary/aromatic N) is 1. The van der Waals surface area contributed by atoms with Gasteiger partial charge in [-0.2, -0.15) is 0 Å². The van der Waals surface area contributed by atoms with E-state index < -0.39 is 14.5 Å². The number of benzene rings is 6. The van der Waals surface area contributed by atoms with Gasteiger partial charge in [0.1, 0.15) is 64.4 Å². The molecule has 0 aliphatic carbocycles. The molecule has 0 N–H and O–H groups in total. The van der Waals surface area contributed by atoms with Gasteiger partial charge in [-0.05, 0) is 79.7 Å². The highest BCUT2D eigenvalue weighted by Gasteiger charge is 2.51. The van der Waals surface area contributed by atoms with Gasteiger partial charge in [0.25, 0.3) is 0 Å². The maximum absolute atomic E-state index is 6.88. The summed E-state index contributed by atoms with van der Waals surface area (Å²) in [5.41, 5.74) is 4.20. The number of hydrogen-bond donors (Lipinski definition) is 0. The Morgan fingerprint density at radius 3 is 1.16 bits per heavy atom. The number of rotatable bonds is 10. The van der Waals surface area contributed by atoms with Crippen molar-refractivity contribution in [3.05, 3.63) is 205 Å². The van der Waals surface area contributed by atoms with Gasteiger partial charge in [-0.3, -0.25) is 0 Å². The van der Waals surface area contributed by atoms with Gasteiger partial charge in [0.05, 0.1) is 18.0 Å². The normalized spacial score (nSPS) is 14.5. The van der Waals surface area contributed by atoms with Crippen LogP contribution in [0.3, 0.4) is 0 Å². The van der Waals surface area contributed by atoms with E-state index in [2.05, 4.69) is 210 Å². The van der Waals surface area contributed by atoms with Crippen molar-refractivity contribution in [2.75, 3.05) is 0 Å². The summed E-state index contributed by atoms with van der Waals surface area (Å²) in [4.78, 5) is 5.69. The molecule has 1 aliphatic heterocycles. The highest BCUT2D eigenvalue weighted by atomic mass is 31.2. The van der Waals surface area contributed by atoms with Crippen LogP contribution in [0.1, 0.15) is 43.3 Å². The zero-order chi connectivity index (χ0) is 37.9. The SMILES string of the molecule is Cc1nc(C[P+](c2ccccc2)(c2ccccc2)c2ccccc2)c(C[P+](c2ccccc2)(c2ccccc2)c2ccccc2)c2c1OC(C(C)(C)C)OC2. The van der Waals surface area contributed by atoms with Gasteiger partial charge in [-0.1, -0.05) is 130 Å². The van der Waals surface area contributed by atoms with Crippen molar-refractivity contribution >= 4 is 46.4 Å². The van der Waals surface area contributed by atoms with E-state index in [9.17, 15) is 0 Å². The second-order valence-corrected chi connectivity index (χ2v) is 22.5. The molecular formula is C50H49NO2P2+2. The predicted molar refractivity (Wildman–Crippen MR) is 235 cm³/mol. The fourth-order valence-corrected chi connectivity index (χ4v) is 16.7. The van der Waals surface area contributed by atoms with Crippen LogP contribution in [-0.2, 0) is 23.7 Å². The minimum atomic E-state index is -2.33. The standard InChI is InChI=1S/C50H49NO2P2/c1-38-48-45(35-52-49(53-48)50(2,3)4)46(36-54(39-23-11-5-12-24-39,40-25-13-6-14-26-40)41-27-15-7-16-28-41)47(51-38)37-55(42-29-17-8-18-30-42,43-31-19-9-20-32-43)44-33-21-10-22-34-44/h5-34,49H,35-37H2,1-4H3/q+2. The van der Waals surface area contributed by atoms with Crippen molar-refractivity contribution in [2.45, 2.75) is 52.9 Å². The maximum atomic E-state index is 6.88. The molecule has 0 bridgehead atoms. The molecule has 55 heavy (non-hydrogen) atoms. The van der Waals surface area contributed by atoms with Gasteiger partial charge >= 0.3 is 0 Å². The third-order valence-corrected chi connectivity index (χ3v) is 19.5. The molecule has 0 spiro atoms. The molecule has 1 atom stereocenters. The van der Waals surface area contributed by atoms with Crippen LogP contribution < -0.4 is 36.6 Å². The fourth-order valence-electron chi connectivity index (χ4n) is 8.20. The second-order valence-electron chi connectivity index (χ2n) is 15.5. The lowest BCUT2D eigenvalue weighted by atomic mass is 9.94. The average Bonchev–Trinajstić information content (AvgIpc) is 3.24. The Kier molecular flexibility index (Phi) is 10.6. The quantitative estimate of drug-likeness (QED) is 0.130. The average molecular weight is 758 g/mol. The summed E-state index contributed by atoms with van der Waals surface area (Å²) in [6.07, 6.45) is 1.16. The monoisotopic (exact) mass is 757 g/mol. The highest BCUT2D eigenvalue weighted by molar-refractivity contribution is 7.95. The Labute approximate surface area is 328 Å². The summed E-state index contributed by atoms with van der Waals surface area (Å²) in [5.74, 6) is 0.875. The first-order chi connectivity index (χ1) is 26.8. The first-order valence-corrected chi connectivity index (χ1v) is 23.1. The third kappa shape index (κ3) is 7.07. The number of fused-ring (bicyclic) bond motifs is 1. The van der Waals surface area contributed by atoms with E-state index in [1.807, 2.05) is 0 Å². The summed E-state index contributed by atoms with van der Waals surface area (Å²) >= 11 is 0. The third-order valence-electron chi connectivity index (χ3n) is 10.9. The van der Waals surface area contributed by atoms with E-state index in [4.69, 9.17) is 14.5 Å². The van der Waals surface area contributed by atoms with E-state index >= 15 is 0 Å². The van der Waals surface area contributed by atoms with Crippen molar-refractivity contribution in [2.24, 2.45) is 5.41 Å². The largest absolute Gasteiger partial charge is 0.462 e. The molecule has 1 aromatic heterocycles. The van der Waals surface area contributed by atoms with Gasteiger partial charge in [0.2, 0.25) is 6.29 Å². The minimum absolute atomic E-state index is 0.202. The molecule has 0 saturated heterocycles. The molecule has 0 radical (unpaired) electrons. The molecule has 0 saturated carbocycles. The number of hydrogen-bond acceptors (Lipinski definition) is 3. The van der Waals surface area contributed by atoms with Gasteiger partial charge in [-0.15, -0.1) is 0 Å². The van der Waals surface area contributed by atoms with Crippen LogP contribution in [0.2, 0.25) is 0 Å². The second kappa shape index (κ2) is 15.7. The molecule has 7 aromatic rings. The molecule has 3 nitrogen and oxygen atoms in total. The first-order valence-electron chi connectivity index (χ1n) is 19.2. The molecule has 1 aliphatic rings. The fraction of sp³-hybridized carbons (Fsp3) is 0.180. The summed E-state index contributed by atoms with van der Waals surface area (Å²) in [6, 6.07) is 67.0. The summed E-state index contributed by atoms with van der Waals surface area (Å²) in [6.45, 7) is 9.12. The van der Waals surface area contributed by atoms with E-state index in [1.165, 1.54) is 37.4 Å². The van der Waals surface area contributed by atoms with Crippen molar-refractivity contribution in [1.82, 2.24) is 4.98 Å². The van der Waals surface area contributed by atoms with Crippen LogP contribution in [-0.4, -0.2) is 11.3 Å². The van der Waals surface area contributed by atoms with Crippen LogP contribution in [0.4, 0.5) is 0 Å². The van der Waals surface area contributed by atoms with Crippen molar-refractivity contribution in [3.63, 3.8) is 0 Å². The molecule has 0 fully saturated rings. The summed E-state index contributed by atoms with van der Waals surface area (Å²) < 4.78 is 13.6. The van der Waals surface area contributed by atoms with E-state index in [0.29, 0.717) is 6.61 Å². The minimum Gasteiger partial charge on any atom is -0.462 e. The molecule has 8 rings (SSSR count). The highest BCUT2D eigenvalue weighted by Crippen LogP contribution is 2.62. The molecule has 1 unspecified atom stereocenters. The molecular weight excluding hydrogens is 709 g/mol. The van der Waals surface area contributed by atoms with Gasteiger partial charge < -0.3 is 9.47 Å². The van der Waals surface area contributed by atoms with Crippen LogP contribution in [0.5, 0.6) is 5.75 Å². The van der Waals surface area contributed by atoms with E-state index in [-0.39, 0.29) is 11.7 Å². The Morgan fingerprint density at radius 2 is 0.836 bits per heavy atom. The van der Waals surface area contributed by atoms with Crippen molar-refractivity contribution < 1.29 is 9.47 Å². The van der Waals surface area contributed by atoms with Crippen molar-refractivity contribution in [3.8, 4) is 5.75 Å². The van der Waals surface area contributed by atoms with Crippen LogP contribution >= 0.6 is 14.5 Å². The molecule has 6 aromatic carbocycles. The lowest BCUT2D eigenvalue weighted by Crippen LogP contribution is -2.39. The van der Waals surface area contributed by atoms with Crippen LogP contribution in [0.25, 0.3) is 0 Å². The number of aryl methyl sites for hydroxylation is 1. The maximum Gasteiger partial charge on any atom is 0.205 e. The smallest absolute Gasteiger partial charge is 0.205 e. The molecule has 2 heterocycles. The zero-order valence-corrected chi connectivity index (χ0v) is 34.0. The number of aromatic nitrogens is 1. The first kappa shape index (κ1) is 37.0. The lowest BCUT2D eigenvalue weighted by Gasteiger charge is -2.37. The van der Waals surface area contributed by atoms with Crippen LogP contribution in [0.15, 0.2) is 182 Å². The Bertz CT molecular complexity index is 2140.